The lowest BCUT2D eigenvalue weighted by Crippen LogP contribution is -2.51. The van der Waals surface area contributed by atoms with Crippen molar-refractivity contribution in [3.05, 3.63) is 12.4 Å². The van der Waals surface area contributed by atoms with E-state index in [0.717, 1.165) is 19.6 Å². The summed E-state index contributed by atoms with van der Waals surface area (Å²) in [7, 11) is 0. The zero-order chi connectivity index (χ0) is 6.10. The van der Waals surface area contributed by atoms with Gasteiger partial charge in [0.05, 0.1) is 0 Å². The summed E-state index contributed by atoms with van der Waals surface area (Å²) >= 11 is 0. The van der Waals surface area contributed by atoms with Crippen LogP contribution in [-0.4, -0.2) is 30.7 Å². The molecule has 0 aromatic heterocycles. The number of hydrogen-bond donors (Lipinski definition) is 2. The molecule has 9 heavy (non-hydrogen) atoms. The number of nitrogens with zero attached hydrogens (tertiary/aromatic N) is 1. The quantitative estimate of drug-likeness (QED) is 0.448. The van der Waals surface area contributed by atoms with Gasteiger partial charge in [0.15, 0.2) is 0 Å². The van der Waals surface area contributed by atoms with Gasteiger partial charge in [-0.2, -0.15) is 0 Å². The summed E-state index contributed by atoms with van der Waals surface area (Å²) in [5.41, 5.74) is 0. The maximum Gasteiger partial charge on any atom is 0.111 e. The van der Waals surface area contributed by atoms with Gasteiger partial charge in [0.2, 0.25) is 0 Å². The van der Waals surface area contributed by atoms with E-state index in [4.69, 9.17) is 0 Å². The summed E-state index contributed by atoms with van der Waals surface area (Å²) in [5, 5.41) is 6.55. The molecule has 2 aliphatic heterocycles. The minimum Gasteiger partial charge on any atom is -0.369 e. The molecule has 2 aliphatic rings. The average Bonchev–Trinajstić information content (AvgIpc) is 2.33. The zero-order valence-electron chi connectivity index (χ0n) is 5.30. The van der Waals surface area contributed by atoms with Crippen molar-refractivity contribution >= 4 is 0 Å². The van der Waals surface area contributed by atoms with Crippen molar-refractivity contribution in [3.8, 4) is 0 Å². The van der Waals surface area contributed by atoms with Crippen molar-refractivity contribution in [2.75, 3.05) is 19.6 Å². The highest BCUT2D eigenvalue weighted by atomic mass is 15.3. The van der Waals surface area contributed by atoms with Gasteiger partial charge in [-0.3, -0.25) is 0 Å². The third-order valence-corrected chi connectivity index (χ3v) is 1.84. The fourth-order valence-corrected chi connectivity index (χ4v) is 1.30. The van der Waals surface area contributed by atoms with Crippen LogP contribution in [0.25, 0.3) is 0 Å². The van der Waals surface area contributed by atoms with E-state index in [9.17, 15) is 0 Å². The monoisotopic (exact) mass is 125 g/mol. The van der Waals surface area contributed by atoms with E-state index >= 15 is 0 Å². The van der Waals surface area contributed by atoms with Crippen LogP contribution in [0.3, 0.4) is 0 Å². The van der Waals surface area contributed by atoms with Gasteiger partial charge in [0.25, 0.3) is 0 Å². The lowest BCUT2D eigenvalue weighted by Gasteiger charge is -2.30. The van der Waals surface area contributed by atoms with Crippen LogP contribution in [-0.2, 0) is 0 Å². The standard InChI is InChI=1S/C6H11N3/c1-3-9-4-2-8-6(9)5-7-1/h2,4,6-8H,1,3,5H2. The summed E-state index contributed by atoms with van der Waals surface area (Å²) in [5.74, 6) is 0. The molecule has 3 nitrogen and oxygen atoms in total. The Bertz CT molecular complexity index is 132. The Labute approximate surface area is 54.7 Å². The third kappa shape index (κ3) is 0.772. The van der Waals surface area contributed by atoms with Crippen molar-refractivity contribution in [2.24, 2.45) is 0 Å². The lowest BCUT2D eigenvalue weighted by atomic mass is 10.3. The first-order valence-corrected chi connectivity index (χ1v) is 3.36. The van der Waals surface area contributed by atoms with E-state index in [1.165, 1.54) is 0 Å². The summed E-state index contributed by atoms with van der Waals surface area (Å²) in [6, 6.07) is 0. The number of piperazine rings is 1. The van der Waals surface area contributed by atoms with Crippen LogP contribution in [0.4, 0.5) is 0 Å². The molecule has 1 unspecified atom stereocenters. The molecule has 1 fully saturated rings. The number of nitrogens with one attached hydrogen (secondary N) is 2. The van der Waals surface area contributed by atoms with Gasteiger partial charge in [-0.25, -0.2) is 0 Å². The van der Waals surface area contributed by atoms with Gasteiger partial charge in [-0.15, -0.1) is 0 Å². The average molecular weight is 125 g/mol. The molecule has 0 aliphatic carbocycles. The highest BCUT2D eigenvalue weighted by molar-refractivity contribution is 4.97. The van der Waals surface area contributed by atoms with Gasteiger partial charge in [0, 0.05) is 32.0 Å². The molecule has 0 aromatic carbocycles. The van der Waals surface area contributed by atoms with Crippen LogP contribution in [0.1, 0.15) is 0 Å². The Morgan fingerprint density at radius 3 is 3.44 bits per heavy atom. The molecule has 0 spiro atoms. The van der Waals surface area contributed by atoms with E-state index in [1.807, 2.05) is 6.20 Å². The smallest absolute Gasteiger partial charge is 0.111 e. The molecule has 1 atom stereocenters. The Morgan fingerprint density at radius 1 is 1.56 bits per heavy atom. The van der Waals surface area contributed by atoms with E-state index in [2.05, 4.69) is 21.7 Å². The van der Waals surface area contributed by atoms with Crippen molar-refractivity contribution in [3.63, 3.8) is 0 Å². The van der Waals surface area contributed by atoms with Gasteiger partial charge in [-0.05, 0) is 0 Å². The molecule has 2 heterocycles. The number of hydrogen-bond acceptors (Lipinski definition) is 3. The molecule has 2 N–H and O–H groups in total. The second-order valence-corrected chi connectivity index (χ2v) is 2.44. The van der Waals surface area contributed by atoms with Crippen LogP contribution >= 0.6 is 0 Å². The molecule has 1 saturated heterocycles. The fraction of sp³-hybridized carbons (Fsp3) is 0.667. The maximum atomic E-state index is 3.31. The largest absolute Gasteiger partial charge is 0.369 e. The van der Waals surface area contributed by atoms with Crippen molar-refractivity contribution in [1.29, 1.82) is 0 Å². The van der Waals surface area contributed by atoms with Crippen molar-refractivity contribution < 1.29 is 0 Å². The lowest BCUT2D eigenvalue weighted by molar-refractivity contribution is 0.231. The first kappa shape index (κ1) is 5.11. The molecule has 2 rings (SSSR count). The van der Waals surface area contributed by atoms with Crippen LogP contribution in [0.2, 0.25) is 0 Å². The molecule has 50 valence electrons. The van der Waals surface area contributed by atoms with Crippen LogP contribution < -0.4 is 10.6 Å². The minimum atomic E-state index is 0.527. The molecular formula is C6H11N3. The molecule has 3 heteroatoms. The second-order valence-electron chi connectivity index (χ2n) is 2.44. The zero-order valence-corrected chi connectivity index (χ0v) is 5.30. The van der Waals surface area contributed by atoms with Gasteiger partial charge >= 0.3 is 0 Å². The third-order valence-electron chi connectivity index (χ3n) is 1.84. The van der Waals surface area contributed by atoms with Crippen LogP contribution in [0.5, 0.6) is 0 Å². The normalized spacial score (nSPS) is 32.0. The van der Waals surface area contributed by atoms with E-state index in [0.29, 0.717) is 6.17 Å². The van der Waals surface area contributed by atoms with Gasteiger partial charge in [-0.1, -0.05) is 0 Å². The molecular weight excluding hydrogens is 114 g/mol. The first-order valence-electron chi connectivity index (χ1n) is 3.36. The Hall–Kier alpha value is -0.700. The summed E-state index contributed by atoms with van der Waals surface area (Å²) in [6.07, 6.45) is 4.65. The van der Waals surface area contributed by atoms with Gasteiger partial charge < -0.3 is 15.5 Å². The second kappa shape index (κ2) is 1.92. The Kier molecular flexibility index (Phi) is 1.09. The molecule has 0 aromatic rings. The van der Waals surface area contributed by atoms with Gasteiger partial charge in [0.1, 0.15) is 6.17 Å². The fourth-order valence-electron chi connectivity index (χ4n) is 1.30. The van der Waals surface area contributed by atoms with E-state index in [1.54, 1.807) is 0 Å². The van der Waals surface area contributed by atoms with E-state index in [-0.39, 0.29) is 0 Å². The van der Waals surface area contributed by atoms with Crippen LogP contribution in [0, 0.1) is 0 Å². The summed E-state index contributed by atoms with van der Waals surface area (Å²) in [4.78, 5) is 2.32. The summed E-state index contributed by atoms with van der Waals surface area (Å²) < 4.78 is 0. The minimum absolute atomic E-state index is 0.527. The predicted molar refractivity (Wildman–Crippen MR) is 35.6 cm³/mol. The number of fused-ring (bicyclic) bond motifs is 1. The highest BCUT2D eigenvalue weighted by Gasteiger charge is 2.20. The van der Waals surface area contributed by atoms with Crippen molar-refractivity contribution in [2.45, 2.75) is 6.17 Å². The Morgan fingerprint density at radius 2 is 2.56 bits per heavy atom. The Balaban J connectivity index is 2.03. The molecule has 0 saturated carbocycles. The van der Waals surface area contributed by atoms with E-state index < -0.39 is 0 Å². The topological polar surface area (TPSA) is 27.3 Å². The highest BCUT2D eigenvalue weighted by Crippen LogP contribution is 2.05. The maximum absolute atomic E-state index is 3.31. The SMILES string of the molecule is C1=CN2CCNCC2N1. The van der Waals surface area contributed by atoms with Crippen LogP contribution in [0.15, 0.2) is 12.4 Å². The molecule has 0 bridgehead atoms. The summed E-state index contributed by atoms with van der Waals surface area (Å²) in [6.45, 7) is 3.31. The first-order chi connectivity index (χ1) is 4.47. The molecule has 0 radical (unpaired) electrons. The molecule has 0 amide bonds. The van der Waals surface area contributed by atoms with Crippen molar-refractivity contribution in [1.82, 2.24) is 15.5 Å². The number of rotatable bonds is 0. The predicted octanol–water partition coefficient (Wildman–Crippen LogP) is -0.708.